The van der Waals surface area contributed by atoms with Crippen molar-refractivity contribution < 1.29 is 29.0 Å². The molecule has 2 fully saturated rings. The predicted octanol–water partition coefficient (Wildman–Crippen LogP) is 2.45. The Morgan fingerprint density at radius 2 is 1.85 bits per heavy atom. The molecule has 0 aromatic rings. The molecule has 0 aromatic heterocycles. The molecule has 2 aliphatic rings. The Hall–Kier alpha value is -1.87. The van der Waals surface area contributed by atoms with Crippen LogP contribution in [0.1, 0.15) is 80.1 Å². The molecule has 9 heteroatoms. The molecule has 0 saturated carbocycles. The van der Waals surface area contributed by atoms with Crippen LogP contribution in [0.25, 0.3) is 0 Å². The number of likely N-dealkylation sites (tertiary alicyclic amines) is 2. The molecule has 0 aromatic carbocycles. The van der Waals surface area contributed by atoms with Crippen LogP contribution in [0.15, 0.2) is 0 Å². The minimum absolute atomic E-state index is 0.187. The lowest BCUT2D eigenvalue weighted by atomic mass is 9.95. The summed E-state index contributed by atoms with van der Waals surface area (Å²) in [5.41, 5.74) is -2.23. The zero-order chi connectivity index (χ0) is 24.8. The van der Waals surface area contributed by atoms with Crippen molar-refractivity contribution in [3.8, 4) is 0 Å². The summed E-state index contributed by atoms with van der Waals surface area (Å²) in [5.74, 6) is -0.739. The van der Waals surface area contributed by atoms with Crippen LogP contribution < -0.4 is 5.32 Å². The standard InChI is InChI=1S/C24H43N3O6/c1-7-8-15-32-18(3)19(20(29)26-13-9-10-14-26)25-21(30)24(16-28)12-11-17(2)27(24)22(31)33-23(4,5)6/h17-19,28H,7-16H2,1-6H3,(H,25,30)/t17?,18-,19+,24?/m1/s1. The first-order chi connectivity index (χ1) is 15.5. The van der Waals surface area contributed by atoms with Crippen molar-refractivity contribution in [2.24, 2.45) is 0 Å². The number of hydrogen-bond acceptors (Lipinski definition) is 6. The van der Waals surface area contributed by atoms with Gasteiger partial charge in [0, 0.05) is 25.7 Å². The molecule has 2 rings (SSSR count). The molecule has 0 radical (unpaired) electrons. The zero-order valence-corrected chi connectivity index (χ0v) is 21.2. The Balaban J connectivity index is 2.27. The quantitative estimate of drug-likeness (QED) is 0.502. The number of aliphatic hydroxyl groups is 1. The van der Waals surface area contributed by atoms with E-state index in [0.717, 1.165) is 25.7 Å². The molecule has 2 aliphatic heterocycles. The normalized spacial score (nSPS) is 25.1. The highest BCUT2D eigenvalue weighted by atomic mass is 16.6. The lowest BCUT2D eigenvalue weighted by molar-refractivity contribution is -0.145. The summed E-state index contributed by atoms with van der Waals surface area (Å²) in [6.07, 6.45) is 3.31. The van der Waals surface area contributed by atoms with Gasteiger partial charge in [0.2, 0.25) is 11.8 Å². The number of unbranched alkanes of at least 4 members (excludes halogenated alkanes) is 1. The van der Waals surface area contributed by atoms with Crippen LogP contribution in [-0.4, -0.2) is 88.4 Å². The summed E-state index contributed by atoms with van der Waals surface area (Å²) in [4.78, 5) is 43.0. The first-order valence-corrected chi connectivity index (χ1v) is 12.3. The van der Waals surface area contributed by atoms with Crippen molar-refractivity contribution >= 4 is 17.9 Å². The maximum atomic E-state index is 13.6. The minimum atomic E-state index is -1.49. The van der Waals surface area contributed by atoms with Gasteiger partial charge in [0.15, 0.2) is 0 Å². The van der Waals surface area contributed by atoms with Gasteiger partial charge in [-0.1, -0.05) is 13.3 Å². The summed E-state index contributed by atoms with van der Waals surface area (Å²) in [6, 6.07) is -1.18. The molecule has 0 aliphatic carbocycles. The molecule has 2 saturated heterocycles. The van der Waals surface area contributed by atoms with E-state index in [4.69, 9.17) is 9.47 Å². The van der Waals surface area contributed by atoms with Gasteiger partial charge < -0.3 is 24.8 Å². The van der Waals surface area contributed by atoms with Gasteiger partial charge in [0.05, 0.1) is 12.7 Å². The fourth-order valence-electron chi connectivity index (χ4n) is 4.53. The smallest absolute Gasteiger partial charge is 0.411 e. The third kappa shape index (κ3) is 6.59. The Morgan fingerprint density at radius 3 is 2.39 bits per heavy atom. The fraction of sp³-hybridized carbons (Fsp3) is 0.875. The molecule has 2 heterocycles. The van der Waals surface area contributed by atoms with Crippen LogP contribution in [0.5, 0.6) is 0 Å². The molecule has 0 spiro atoms. The second-order valence-corrected chi connectivity index (χ2v) is 10.3. The molecule has 33 heavy (non-hydrogen) atoms. The highest BCUT2D eigenvalue weighted by Gasteiger charge is 2.54. The SMILES string of the molecule is CCCCO[C@H](C)[C@H](NC(=O)C1(CO)CCC(C)N1C(=O)OC(C)(C)C)C(=O)N1CCCC1. The van der Waals surface area contributed by atoms with Gasteiger partial charge in [0.1, 0.15) is 17.2 Å². The lowest BCUT2D eigenvalue weighted by Crippen LogP contribution is -2.65. The maximum Gasteiger partial charge on any atom is 0.411 e. The highest BCUT2D eigenvalue weighted by Crippen LogP contribution is 2.36. The van der Waals surface area contributed by atoms with Crippen LogP contribution in [0.2, 0.25) is 0 Å². The van der Waals surface area contributed by atoms with Gasteiger partial charge in [0.25, 0.3) is 0 Å². The van der Waals surface area contributed by atoms with E-state index in [-0.39, 0.29) is 18.4 Å². The molecule has 9 nitrogen and oxygen atoms in total. The predicted molar refractivity (Wildman–Crippen MR) is 125 cm³/mol. The average molecular weight is 470 g/mol. The van der Waals surface area contributed by atoms with E-state index in [1.165, 1.54) is 4.90 Å². The summed E-state index contributed by atoms with van der Waals surface area (Å²) in [7, 11) is 0. The first kappa shape index (κ1) is 27.4. The zero-order valence-electron chi connectivity index (χ0n) is 21.2. The summed E-state index contributed by atoms with van der Waals surface area (Å²) in [6.45, 7) is 12.2. The van der Waals surface area contributed by atoms with Gasteiger partial charge in [-0.3, -0.25) is 14.5 Å². The van der Waals surface area contributed by atoms with Crippen molar-refractivity contribution in [3.63, 3.8) is 0 Å². The highest BCUT2D eigenvalue weighted by molar-refractivity contribution is 5.95. The molecule has 0 bridgehead atoms. The Morgan fingerprint density at radius 1 is 1.21 bits per heavy atom. The number of nitrogens with zero attached hydrogens (tertiary/aromatic N) is 2. The van der Waals surface area contributed by atoms with E-state index in [1.54, 1.807) is 32.6 Å². The number of nitrogens with one attached hydrogen (secondary N) is 1. The van der Waals surface area contributed by atoms with E-state index in [1.807, 2.05) is 6.92 Å². The van der Waals surface area contributed by atoms with Crippen molar-refractivity contribution in [2.45, 2.75) is 109 Å². The summed E-state index contributed by atoms with van der Waals surface area (Å²) in [5, 5.41) is 13.2. The van der Waals surface area contributed by atoms with E-state index >= 15 is 0 Å². The summed E-state index contributed by atoms with van der Waals surface area (Å²) >= 11 is 0. The molecular weight excluding hydrogens is 426 g/mol. The molecular formula is C24H43N3O6. The van der Waals surface area contributed by atoms with Crippen LogP contribution in [0.4, 0.5) is 4.79 Å². The molecule has 2 unspecified atom stereocenters. The maximum absolute atomic E-state index is 13.6. The number of carbonyl (C=O) groups is 3. The third-order valence-corrected chi connectivity index (χ3v) is 6.47. The second-order valence-electron chi connectivity index (χ2n) is 10.3. The van der Waals surface area contributed by atoms with E-state index in [0.29, 0.717) is 26.1 Å². The first-order valence-electron chi connectivity index (χ1n) is 12.3. The third-order valence-electron chi connectivity index (χ3n) is 6.47. The fourth-order valence-corrected chi connectivity index (χ4v) is 4.53. The minimum Gasteiger partial charge on any atom is -0.444 e. The topological polar surface area (TPSA) is 108 Å². The van der Waals surface area contributed by atoms with E-state index in [2.05, 4.69) is 12.2 Å². The van der Waals surface area contributed by atoms with Crippen LogP contribution >= 0.6 is 0 Å². The number of carbonyl (C=O) groups excluding carboxylic acids is 3. The van der Waals surface area contributed by atoms with E-state index in [9.17, 15) is 19.5 Å². The van der Waals surface area contributed by atoms with Gasteiger partial charge >= 0.3 is 6.09 Å². The van der Waals surface area contributed by atoms with E-state index < -0.39 is 41.9 Å². The number of rotatable bonds is 9. The van der Waals surface area contributed by atoms with Crippen molar-refractivity contribution in [1.29, 1.82) is 0 Å². The number of amides is 3. The lowest BCUT2D eigenvalue weighted by Gasteiger charge is -2.40. The van der Waals surface area contributed by atoms with Crippen LogP contribution in [0, 0.1) is 0 Å². The molecule has 2 N–H and O–H groups in total. The average Bonchev–Trinajstić information content (AvgIpc) is 3.38. The second kappa shape index (κ2) is 11.5. The van der Waals surface area contributed by atoms with Crippen molar-refractivity contribution in [3.05, 3.63) is 0 Å². The molecule has 4 atom stereocenters. The Bertz CT molecular complexity index is 688. The van der Waals surface area contributed by atoms with Crippen molar-refractivity contribution in [1.82, 2.24) is 15.1 Å². The molecule has 190 valence electrons. The van der Waals surface area contributed by atoms with Crippen LogP contribution in [-0.2, 0) is 19.1 Å². The van der Waals surface area contributed by atoms with Gasteiger partial charge in [-0.2, -0.15) is 0 Å². The van der Waals surface area contributed by atoms with Gasteiger partial charge in [-0.05, 0) is 66.7 Å². The Kier molecular flexibility index (Phi) is 9.55. The van der Waals surface area contributed by atoms with Gasteiger partial charge in [-0.25, -0.2) is 4.79 Å². The number of hydrogen-bond donors (Lipinski definition) is 2. The van der Waals surface area contributed by atoms with Gasteiger partial charge in [-0.15, -0.1) is 0 Å². The molecule has 3 amide bonds. The van der Waals surface area contributed by atoms with Crippen LogP contribution in [0.3, 0.4) is 0 Å². The summed E-state index contributed by atoms with van der Waals surface area (Å²) < 4.78 is 11.4. The number of ether oxygens (including phenoxy) is 2. The van der Waals surface area contributed by atoms with Crippen molar-refractivity contribution in [2.75, 3.05) is 26.3 Å². The Labute approximate surface area is 198 Å². The monoisotopic (exact) mass is 469 g/mol. The number of aliphatic hydroxyl groups excluding tert-OH is 1. The largest absolute Gasteiger partial charge is 0.444 e.